The molecule has 3 aromatic rings. The molecule has 5 nitrogen and oxygen atoms in total. The van der Waals surface area contributed by atoms with Crippen molar-refractivity contribution in [2.75, 3.05) is 12.4 Å². The lowest BCUT2D eigenvalue weighted by Crippen LogP contribution is -2.10. The average molecular weight is 300 g/mol. The standard InChI is InChI=1S/C15H12N2O3S/c1-19-12-4-2-10(3-5-12)13-9-21-15(16-13)17-14(18)11-6-7-20-8-11/h2-9H,1H3,(H,16,17,18). The third-order valence-corrected chi connectivity index (χ3v) is 3.65. The molecule has 0 aliphatic heterocycles. The third kappa shape index (κ3) is 2.95. The summed E-state index contributed by atoms with van der Waals surface area (Å²) in [5.74, 6) is 0.557. The van der Waals surface area contributed by atoms with Gasteiger partial charge in [0.2, 0.25) is 0 Å². The fourth-order valence-electron chi connectivity index (χ4n) is 1.79. The van der Waals surface area contributed by atoms with E-state index in [1.54, 1.807) is 13.2 Å². The minimum atomic E-state index is -0.237. The second-order valence-corrected chi connectivity index (χ2v) is 5.09. The van der Waals surface area contributed by atoms with E-state index in [4.69, 9.17) is 9.15 Å². The fraction of sp³-hybridized carbons (Fsp3) is 0.0667. The Balaban J connectivity index is 1.75. The first-order chi connectivity index (χ1) is 10.3. The number of nitrogens with one attached hydrogen (secondary N) is 1. The fourth-order valence-corrected chi connectivity index (χ4v) is 2.50. The largest absolute Gasteiger partial charge is 0.497 e. The lowest BCUT2D eigenvalue weighted by molar-refractivity contribution is 0.102. The van der Waals surface area contributed by atoms with Crippen LogP contribution in [0.25, 0.3) is 11.3 Å². The van der Waals surface area contributed by atoms with Crippen LogP contribution in [0.3, 0.4) is 0 Å². The van der Waals surface area contributed by atoms with Gasteiger partial charge in [0.15, 0.2) is 5.13 Å². The van der Waals surface area contributed by atoms with Crippen LogP contribution in [0, 0.1) is 0 Å². The predicted octanol–water partition coefficient (Wildman–Crippen LogP) is 3.66. The first-order valence-corrected chi connectivity index (χ1v) is 7.08. The van der Waals surface area contributed by atoms with Crippen molar-refractivity contribution in [1.82, 2.24) is 4.98 Å². The number of carbonyl (C=O) groups excluding carboxylic acids is 1. The van der Waals surface area contributed by atoms with Crippen molar-refractivity contribution in [3.05, 3.63) is 53.8 Å². The van der Waals surface area contributed by atoms with Crippen LogP contribution in [0.2, 0.25) is 0 Å². The number of thiazole rings is 1. The molecule has 0 radical (unpaired) electrons. The molecular formula is C15H12N2O3S. The van der Waals surface area contributed by atoms with Gasteiger partial charge in [-0.25, -0.2) is 4.98 Å². The maximum Gasteiger partial charge on any atom is 0.260 e. The molecule has 0 spiro atoms. The van der Waals surface area contributed by atoms with Gasteiger partial charge in [0, 0.05) is 10.9 Å². The van der Waals surface area contributed by atoms with E-state index in [0.717, 1.165) is 17.0 Å². The number of carbonyl (C=O) groups is 1. The Labute approximate surface area is 125 Å². The van der Waals surface area contributed by atoms with E-state index >= 15 is 0 Å². The van der Waals surface area contributed by atoms with Crippen molar-refractivity contribution in [2.24, 2.45) is 0 Å². The Morgan fingerprint density at radius 3 is 2.76 bits per heavy atom. The van der Waals surface area contributed by atoms with Gasteiger partial charge in [0.25, 0.3) is 5.91 Å². The van der Waals surface area contributed by atoms with Crippen molar-refractivity contribution in [1.29, 1.82) is 0 Å². The molecule has 1 aromatic carbocycles. The molecule has 0 unspecified atom stereocenters. The third-order valence-electron chi connectivity index (χ3n) is 2.89. The van der Waals surface area contributed by atoms with Gasteiger partial charge >= 0.3 is 0 Å². The molecule has 106 valence electrons. The van der Waals surface area contributed by atoms with Gasteiger partial charge in [-0.2, -0.15) is 0 Å². The van der Waals surface area contributed by atoms with Crippen LogP contribution >= 0.6 is 11.3 Å². The average Bonchev–Trinajstić information content (AvgIpc) is 3.19. The summed E-state index contributed by atoms with van der Waals surface area (Å²) in [4.78, 5) is 16.3. The first kappa shape index (κ1) is 13.4. The number of methoxy groups -OCH3 is 1. The Bertz CT molecular complexity index is 733. The smallest absolute Gasteiger partial charge is 0.260 e. The number of nitrogens with zero attached hydrogens (tertiary/aromatic N) is 1. The van der Waals surface area contributed by atoms with Gasteiger partial charge in [-0.3, -0.25) is 10.1 Å². The predicted molar refractivity (Wildman–Crippen MR) is 80.8 cm³/mol. The zero-order valence-corrected chi connectivity index (χ0v) is 12.0. The highest BCUT2D eigenvalue weighted by Gasteiger charge is 2.10. The van der Waals surface area contributed by atoms with Crippen molar-refractivity contribution in [3.8, 4) is 17.0 Å². The van der Waals surface area contributed by atoms with E-state index in [0.29, 0.717) is 10.7 Å². The maximum atomic E-state index is 11.9. The number of amides is 1. The van der Waals surface area contributed by atoms with Gasteiger partial charge in [-0.05, 0) is 30.3 Å². The molecule has 0 aliphatic carbocycles. The van der Waals surface area contributed by atoms with Crippen molar-refractivity contribution < 1.29 is 13.9 Å². The first-order valence-electron chi connectivity index (χ1n) is 6.20. The number of furan rings is 1. The molecule has 21 heavy (non-hydrogen) atoms. The number of aromatic nitrogens is 1. The van der Waals surface area contributed by atoms with E-state index < -0.39 is 0 Å². The quantitative estimate of drug-likeness (QED) is 0.798. The zero-order valence-electron chi connectivity index (χ0n) is 11.2. The van der Waals surface area contributed by atoms with Crippen LogP contribution in [0.5, 0.6) is 5.75 Å². The number of ether oxygens (including phenoxy) is 1. The van der Waals surface area contributed by atoms with Gasteiger partial charge in [-0.1, -0.05) is 0 Å². The molecule has 2 heterocycles. The van der Waals surface area contributed by atoms with Gasteiger partial charge < -0.3 is 9.15 Å². The Kier molecular flexibility index (Phi) is 3.70. The summed E-state index contributed by atoms with van der Waals surface area (Å²) in [5, 5.41) is 5.18. The lowest BCUT2D eigenvalue weighted by Gasteiger charge is -2.00. The van der Waals surface area contributed by atoms with E-state index in [1.165, 1.54) is 23.9 Å². The molecule has 0 bridgehead atoms. The van der Waals surface area contributed by atoms with Crippen LogP contribution in [0.15, 0.2) is 52.7 Å². The number of hydrogen-bond acceptors (Lipinski definition) is 5. The number of anilines is 1. The molecule has 3 rings (SSSR count). The maximum absolute atomic E-state index is 11.9. The highest BCUT2D eigenvalue weighted by atomic mass is 32.1. The van der Waals surface area contributed by atoms with Crippen LogP contribution in [-0.4, -0.2) is 18.0 Å². The van der Waals surface area contributed by atoms with E-state index in [1.807, 2.05) is 29.6 Å². The lowest BCUT2D eigenvalue weighted by atomic mass is 10.2. The summed E-state index contributed by atoms with van der Waals surface area (Å²) in [5.41, 5.74) is 2.25. The van der Waals surface area contributed by atoms with Crippen LogP contribution in [0.4, 0.5) is 5.13 Å². The highest BCUT2D eigenvalue weighted by Crippen LogP contribution is 2.26. The molecule has 2 aromatic heterocycles. The summed E-state index contributed by atoms with van der Waals surface area (Å²) < 4.78 is 10.0. The summed E-state index contributed by atoms with van der Waals surface area (Å²) in [6.07, 6.45) is 2.85. The van der Waals surface area contributed by atoms with Gasteiger partial charge in [0.05, 0.1) is 24.6 Å². The van der Waals surface area contributed by atoms with E-state index in [2.05, 4.69) is 10.3 Å². The second-order valence-electron chi connectivity index (χ2n) is 4.23. The zero-order chi connectivity index (χ0) is 14.7. The van der Waals surface area contributed by atoms with E-state index in [9.17, 15) is 4.79 Å². The van der Waals surface area contributed by atoms with Crippen LogP contribution in [0.1, 0.15) is 10.4 Å². The van der Waals surface area contributed by atoms with Crippen molar-refractivity contribution >= 4 is 22.4 Å². The molecule has 6 heteroatoms. The molecule has 1 amide bonds. The minimum absolute atomic E-state index is 0.237. The van der Waals surface area contributed by atoms with Gasteiger partial charge in [-0.15, -0.1) is 11.3 Å². The Hall–Kier alpha value is -2.60. The normalized spacial score (nSPS) is 10.3. The Morgan fingerprint density at radius 1 is 1.29 bits per heavy atom. The number of benzene rings is 1. The minimum Gasteiger partial charge on any atom is -0.497 e. The summed E-state index contributed by atoms with van der Waals surface area (Å²) in [6.45, 7) is 0. The Morgan fingerprint density at radius 2 is 2.10 bits per heavy atom. The SMILES string of the molecule is COc1ccc(-c2csc(NC(=O)c3ccoc3)n2)cc1. The summed E-state index contributed by atoms with van der Waals surface area (Å²) in [7, 11) is 1.63. The molecular weight excluding hydrogens is 288 g/mol. The summed E-state index contributed by atoms with van der Waals surface area (Å²) >= 11 is 1.38. The number of hydrogen-bond donors (Lipinski definition) is 1. The number of rotatable bonds is 4. The molecule has 0 atom stereocenters. The monoisotopic (exact) mass is 300 g/mol. The van der Waals surface area contributed by atoms with Crippen molar-refractivity contribution in [2.45, 2.75) is 0 Å². The molecule has 0 saturated heterocycles. The molecule has 1 N–H and O–H groups in total. The van der Waals surface area contributed by atoms with Gasteiger partial charge in [0.1, 0.15) is 12.0 Å². The topological polar surface area (TPSA) is 64.4 Å². The van der Waals surface area contributed by atoms with Crippen molar-refractivity contribution in [3.63, 3.8) is 0 Å². The molecule has 0 aliphatic rings. The molecule has 0 saturated carbocycles. The van der Waals surface area contributed by atoms with E-state index in [-0.39, 0.29) is 5.91 Å². The second kappa shape index (κ2) is 5.80. The molecule has 0 fully saturated rings. The van der Waals surface area contributed by atoms with Crippen LogP contribution in [-0.2, 0) is 0 Å². The highest BCUT2D eigenvalue weighted by molar-refractivity contribution is 7.14. The summed E-state index contributed by atoms with van der Waals surface area (Å²) in [6, 6.07) is 9.20. The van der Waals surface area contributed by atoms with Crippen LogP contribution < -0.4 is 10.1 Å².